The second-order valence-electron chi connectivity index (χ2n) is 4.30. The molecule has 5 heteroatoms. The summed E-state index contributed by atoms with van der Waals surface area (Å²) in [6.45, 7) is 2.16. The molecule has 1 amide bonds. The summed E-state index contributed by atoms with van der Waals surface area (Å²) >= 11 is 2.15. The Labute approximate surface area is 129 Å². The zero-order valence-electron chi connectivity index (χ0n) is 12.2. The number of hydrogen-bond acceptors (Lipinski definition) is 3. The molecule has 0 saturated heterocycles. The van der Waals surface area contributed by atoms with Gasteiger partial charge in [0.05, 0.1) is 0 Å². The predicted molar refractivity (Wildman–Crippen MR) is 88.3 cm³/mol. The molecular formula is C14H23IN2O2. The lowest BCUT2D eigenvalue weighted by Crippen LogP contribution is -2.26. The Hall–Kier alpha value is -0.820. The van der Waals surface area contributed by atoms with Crippen LogP contribution in [-0.4, -0.2) is 43.1 Å². The van der Waals surface area contributed by atoms with Gasteiger partial charge in [-0.2, -0.15) is 0 Å². The van der Waals surface area contributed by atoms with E-state index in [1.54, 1.807) is 13.1 Å². The van der Waals surface area contributed by atoms with Crippen LogP contribution in [0.4, 0.5) is 4.79 Å². The zero-order chi connectivity index (χ0) is 14.8. The summed E-state index contributed by atoms with van der Waals surface area (Å²) in [5, 5.41) is 2.42. The van der Waals surface area contributed by atoms with Crippen LogP contribution in [0.1, 0.15) is 12.5 Å². The van der Waals surface area contributed by atoms with Crippen LogP contribution < -0.4 is 10.1 Å². The minimum Gasteiger partial charge on any atom is -0.410 e. The third-order valence-electron chi connectivity index (χ3n) is 2.73. The van der Waals surface area contributed by atoms with Gasteiger partial charge in [0.2, 0.25) is 0 Å². The fraction of sp³-hybridized carbons (Fsp3) is 0.500. The largest absolute Gasteiger partial charge is 0.412 e. The van der Waals surface area contributed by atoms with E-state index < -0.39 is 6.09 Å². The van der Waals surface area contributed by atoms with E-state index >= 15 is 0 Å². The van der Waals surface area contributed by atoms with Crippen molar-refractivity contribution < 1.29 is 9.53 Å². The molecule has 108 valence electrons. The third-order valence-corrected chi connectivity index (χ3v) is 2.73. The first-order chi connectivity index (χ1) is 9.02. The van der Waals surface area contributed by atoms with E-state index in [1.807, 2.05) is 23.1 Å². The molecule has 1 N–H and O–H groups in total. The van der Waals surface area contributed by atoms with Gasteiger partial charge in [-0.1, -0.05) is 34.7 Å². The Morgan fingerprint density at radius 3 is 2.58 bits per heavy atom. The standard InChI is InChI=1S/C13H20N2O2.CH3I/c1-10(15(3)4)8-11-6-5-7-12(9-11)17-13(16)14-2;1-2/h5-7,9-10H,8H2,1-4H3,(H,14,16);1H3. The lowest BCUT2D eigenvalue weighted by molar-refractivity contribution is 0.203. The minimum absolute atomic E-state index is 0.442. The van der Waals surface area contributed by atoms with Gasteiger partial charge in [-0.3, -0.25) is 0 Å². The number of hydrogen-bond donors (Lipinski definition) is 1. The Morgan fingerprint density at radius 2 is 2.05 bits per heavy atom. The van der Waals surface area contributed by atoms with Crippen molar-refractivity contribution in [3.8, 4) is 5.75 Å². The maximum absolute atomic E-state index is 11.1. The molecule has 0 heterocycles. The summed E-state index contributed by atoms with van der Waals surface area (Å²) in [7, 11) is 5.64. The molecule has 0 aliphatic carbocycles. The van der Waals surface area contributed by atoms with Crippen molar-refractivity contribution in [2.24, 2.45) is 0 Å². The van der Waals surface area contributed by atoms with E-state index in [9.17, 15) is 4.79 Å². The monoisotopic (exact) mass is 378 g/mol. The number of carbonyl (C=O) groups excluding carboxylic acids is 1. The second-order valence-corrected chi connectivity index (χ2v) is 4.30. The highest BCUT2D eigenvalue weighted by atomic mass is 127. The van der Waals surface area contributed by atoms with Crippen LogP contribution in [0.15, 0.2) is 24.3 Å². The van der Waals surface area contributed by atoms with Crippen LogP contribution in [0, 0.1) is 0 Å². The molecule has 0 radical (unpaired) electrons. The van der Waals surface area contributed by atoms with Gasteiger partial charge in [-0.25, -0.2) is 4.79 Å². The number of rotatable bonds is 4. The van der Waals surface area contributed by atoms with Gasteiger partial charge >= 0.3 is 6.09 Å². The fourth-order valence-corrected chi connectivity index (χ4v) is 1.42. The average Bonchev–Trinajstić information content (AvgIpc) is 2.41. The summed E-state index contributed by atoms with van der Waals surface area (Å²) < 4.78 is 5.08. The van der Waals surface area contributed by atoms with Crippen molar-refractivity contribution >= 4 is 28.7 Å². The van der Waals surface area contributed by atoms with Gasteiger partial charge in [0.25, 0.3) is 0 Å². The molecular weight excluding hydrogens is 355 g/mol. The molecule has 19 heavy (non-hydrogen) atoms. The van der Waals surface area contributed by atoms with Crippen LogP contribution in [0.3, 0.4) is 0 Å². The van der Waals surface area contributed by atoms with Gasteiger partial charge < -0.3 is 15.0 Å². The van der Waals surface area contributed by atoms with Crippen molar-refractivity contribution in [1.82, 2.24) is 10.2 Å². The molecule has 1 unspecified atom stereocenters. The number of benzene rings is 1. The highest BCUT2D eigenvalue weighted by Gasteiger charge is 2.07. The van der Waals surface area contributed by atoms with Gasteiger partial charge in [-0.05, 0) is 50.1 Å². The summed E-state index contributed by atoms with van der Waals surface area (Å²) in [6, 6.07) is 8.06. The lowest BCUT2D eigenvalue weighted by Gasteiger charge is -2.19. The van der Waals surface area contributed by atoms with Gasteiger partial charge in [0.15, 0.2) is 0 Å². The van der Waals surface area contributed by atoms with E-state index in [0.29, 0.717) is 11.8 Å². The van der Waals surface area contributed by atoms with Gasteiger partial charge in [-0.15, -0.1) is 0 Å². The van der Waals surface area contributed by atoms with Crippen LogP contribution in [-0.2, 0) is 6.42 Å². The number of amides is 1. The first kappa shape index (κ1) is 18.2. The molecule has 4 nitrogen and oxygen atoms in total. The maximum atomic E-state index is 11.1. The van der Waals surface area contributed by atoms with Crippen molar-refractivity contribution in [3.63, 3.8) is 0 Å². The minimum atomic E-state index is -0.442. The zero-order valence-corrected chi connectivity index (χ0v) is 14.4. The molecule has 1 atom stereocenters. The second kappa shape index (κ2) is 10.0. The Balaban J connectivity index is 0.00000154. The molecule has 0 fully saturated rings. The first-order valence-corrected chi connectivity index (χ1v) is 8.21. The van der Waals surface area contributed by atoms with Crippen molar-refractivity contribution in [2.75, 3.05) is 26.1 Å². The van der Waals surface area contributed by atoms with E-state index in [-0.39, 0.29) is 0 Å². The SMILES string of the molecule is CI.CNC(=O)Oc1cccc(CC(C)N(C)C)c1. The highest BCUT2D eigenvalue weighted by Crippen LogP contribution is 2.15. The number of nitrogens with one attached hydrogen (secondary N) is 1. The number of halogens is 1. The maximum Gasteiger partial charge on any atom is 0.412 e. The molecule has 1 rings (SSSR count). The predicted octanol–water partition coefficient (Wildman–Crippen LogP) is 2.95. The number of likely N-dealkylation sites (N-methyl/N-ethyl adjacent to an activating group) is 1. The molecule has 1 aromatic rings. The highest BCUT2D eigenvalue weighted by molar-refractivity contribution is 14.1. The van der Waals surface area contributed by atoms with Gasteiger partial charge in [0.1, 0.15) is 5.75 Å². The first-order valence-electron chi connectivity index (χ1n) is 6.05. The number of nitrogens with zero attached hydrogens (tertiary/aromatic N) is 1. The molecule has 0 aliphatic heterocycles. The van der Waals surface area contributed by atoms with Gasteiger partial charge in [0, 0.05) is 13.1 Å². The fourth-order valence-electron chi connectivity index (χ4n) is 1.42. The molecule has 0 bridgehead atoms. The Bertz CT molecular complexity index is 383. The van der Waals surface area contributed by atoms with Crippen molar-refractivity contribution in [3.05, 3.63) is 29.8 Å². The van der Waals surface area contributed by atoms with E-state index in [4.69, 9.17) is 4.74 Å². The van der Waals surface area contributed by atoms with Crippen molar-refractivity contribution in [2.45, 2.75) is 19.4 Å². The van der Waals surface area contributed by atoms with Crippen molar-refractivity contribution in [1.29, 1.82) is 0 Å². The van der Waals surface area contributed by atoms with Crippen LogP contribution in [0.2, 0.25) is 0 Å². The Kier molecular flexibility index (Phi) is 9.59. The van der Waals surface area contributed by atoms with Crippen LogP contribution in [0.25, 0.3) is 0 Å². The summed E-state index contributed by atoms with van der Waals surface area (Å²) in [6.07, 6.45) is 0.487. The molecule has 0 spiro atoms. The normalized spacial score (nSPS) is 11.3. The number of alkyl halides is 1. The van der Waals surface area contributed by atoms with Crippen LogP contribution in [0.5, 0.6) is 5.75 Å². The summed E-state index contributed by atoms with van der Waals surface area (Å²) in [5.41, 5.74) is 1.16. The molecule has 0 aromatic heterocycles. The number of ether oxygens (including phenoxy) is 1. The summed E-state index contributed by atoms with van der Waals surface area (Å²) in [4.78, 5) is 15.2. The molecule has 0 aliphatic rings. The van der Waals surface area contributed by atoms with E-state index in [0.717, 1.165) is 12.0 Å². The Morgan fingerprint density at radius 1 is 1.42 bits per heavy atom. The molecule has 0 saturated carbocycles. The molecule has 1 aromatic carbocycles. The van der Waals surface area contributed by atoms with E-state index in [2.05, 4.69) is 53.8 Å². The van der Waals surface area contributed by atoms with Crippen LogP contribution >= 0.6 is 22.6 Å². The smallest absolute Gasteiger partial charge is 0.410 e. The quantitative estimate of drug-likeness (QED) is 0.647. The van der Waals surface area contributed by atoms with E-state index in [1.165, 1.54) is 0 Å². The third kappa shape index (κ3) is 7.37. The average molecular weight is 378 g/mol. The lowest BCUT2D eigenvalue weighted by atomic mass is 10.1. The number of carbonyl (C=O) groups is 1. The summed E-state index contributed by atoms with van der Waals surface area (Å²) in [5.74, 6) is 0.577. The topological polar surface area (TPSA) is 41.6 Å².